The molecule has 1 aromatic heterocycles. The number of carbonyl (C=O) groups excluding carboxylic acids is 1. The quantitative estimate of drug-likeness (QED) is 0.724. The van der Waals surface area contributed by atoms with E-state index in [2.05, 4.69) is 23.3 Å². The molecule has 20 heavy (non-hydrogen) atoms. The van der Waals surface area contributed by atoms with Gasteiger partial charge in [0.05, 0.1) is 0 Å². The zero-order valence-corrected chi connectivity index (χ0v) is 12.0. The van der Waals surface area contributed by atoms with Gasteiger partial charge in [0.15, 0.2) is 0 Å². The number of fused-ring (bicyclic) bond motifs is 1. The number of benzene rings is 1. The third-order valence-corrected chi connectivity index (χ3v) is 3.58. The van der Waals surface area contributed by atoms with E-state index in [-0.39, 0.29) is 11.9 Å². The fourth-order valence-electron chi connectivity index (χ4n) is 2.48. The van der Waals surface area contributed by atoms with E-state index in [9.17, 15) is 4.79 Å². The van der Waals surface area contributed by atoms with Crippen LogP contribution in [0.4, 0.5) is 0 Å². The van der Waals surface area contributed by atoms with Gasteiger partial charge in [-0.25, -0.2) is 0 Å². The number of aryl methyl sites for hydroxylation is 1. The largest absolute Gasteiger partial charge is 0.361 e. The molecule has 0 radical (unpaired) electrons. The molecule has 0 saturated carbocycles. The number of rotatable bonds is 7. The van der Waals surface area contributed by atoms with Crippen molar-refractivity contribution in [3.63, 3.8) is 0 Å². The molecule has 0 aliphatic carbocycles. The molecule has 0 bridgehead atoms. The summed E-state index contributed by atoms with van der Waals surface area (Å²) < 4.78 is 0. The standard InChI is InChI=1S/C16H23N3O/c1-2-5-13(10-17)19-16(20)9-8-12-11-18-15-7-4-3-6-14(12)15/h3-4,6-7,11,13,18H,2,5,8-10,17H2,1H3,(H,19,20). The maximum Gasteiger partial charge on any atom is 0.220 e. The van der Waals surface area contributed by atoms with E-state index in [1.807, 2.05) is 24.4 Å². The van der Waals surface area contributed by atoms with E-state index in [4.69, 9.17) is 5.73 Å². The minimum absolute atomic E-state index is 0.0826. The lowest BCUT2D eigenvalue weighted by Crippen LogP contribution is -2.40. The monoisotopic (exact) mass is 273 g/mol. The maximum absolute atomic E-state index is 11.9. The molecule has 0 fully saturated rings. The number of nitrogens with one attached hydrogen (secondary N) is 2. The Bertz CT molecular complexity index is 562. The molecule has 4 heteroatoms. The normalized spacial score (nSPS) is 12.5. The lowest BCUT2D eigenvalue weighted by atomic mass is 10.1. The second-order valence-electron chi connectivity index (χ2n) is 5.15. The number of para-hydroxylation sites is 1. The molecule has 1 atom stereocenters. The minimum atomic E-state index is 0.0826. The van der Waals surface area contributed by atoms with Crippen molar-refractivity contribution in [2.24, 2.45) is 5.73 Å². The van der Waals surface area contributed by atoms with Gasteiger partial charge >= 0.3 is 0 Å². The van der Waals surface area contributed by atoms with Crippen molar-refractivity contribution < 1.29 is 4.79 Å². The molecule has 1 aromatic carbocycles. The number of aromatic nitrogens is 1. The van der Waals surface area contributed by atoms with Crippen LogP contribution < -0.4 is 11.1 Å². The lowest BCUT2D eigenvalue weighted by Gasteiger charge is -2.15. The van der Waals surface area contributed by atoms with E-state index in [1.165, 1.54) is 10.9 Å². The van der Waals surface area contributed by atoms with Gasteiger partial charge in [0, 0.05) is 36.1 Å². The minimum Gasteiger partial charge on any atom is -0.361 e. The molecule has 4 nitrogen and oxygen atoms in total. The fraction of sp³-hybridized carbons (Fsp3) is 0.438. The lowest BCUT2D eigenvalue weighted by molar-refractivity contribution is -0.121. The number of nitrogens with two attached hydrogens (primary N) is 1. The van der Waals surface area contributed by atoms with Crippen LogP contribution in [-0.2, 0) is 11.2 Å². The van der Waals surface area contributed by atoms with Crippen molar-refractivity contribution >= 4 is 16.8 Å². The van der Waals surface area contributed by atoms with Crippen LogP contribution in [0.3, 0.4) is 0 Å². The highest BCUT2D eigenvalue weighted by molar-refractivity contribution is 5.84. The first kappa shape index (κ1) is 14.6. The van der Waals surface area contributed by atoms with E-state index >= 15 is 0 Å². The van der Waals surface area contributed by atoms with Gasteiger partial charge in [-0.15, -0.1) is 0 Å². The van der Waals surface area contributed by atoms with Crippen LogP contribution in [-0.4, -0.2) is 23.5 Å². The Hall–Kier alpha value is -1.81. The van der Waals surface area contributed by atoms with Crippen molar-refractivity contribution in [3.8, 4) is 0 Å². The van der Waals surface area contributed by atoms with Gasteiger partial charge in [0.2, 0.25) is 5.91 Å². The average molecular weight is 273 g/mol. The molecule has 108 valence electrons. The summed E-state index contributed by atoms with van der Waals surface area (Å²) >= 11 is 0. The Kier molecular flexibility index (Phi) is 5.18. The van der Waals surface area contributed by atoms with Gasteiger partial charge in [-0.2, -0.15) is 0 Å². The summed E-state index contributed by atoms with van der Waals surface area (Å²) in [6.07, 6.45) is 5.21. The summed E-state index contributed by atoms with van der Waals surface area (Å²) in [4.78, 5) is 15.2. The highest BCUT2D eigenvalue weighted by Gasteiger charge is 2.11. The van der Waals surface area contributed by atoms with Crippen molar-refractivity contribution in [1.82, 2.24) is 10.3 Å². The molecule has 2 aromatic rings. The van der Waals surface area contributed by atoms with E-state index in [0.29, 0.717) is 13.0 Å². The predicted octanol–water partition coefficient (Wildman–Crippen LogP) is 2.34. The number of aromatic amines is 1. The first-order valence-electron chi connectivity index (χ1n) is 7.29. The number of hydrogen-bond acceptors (Lipinski definition) is 2. The number of hydrogen-bond donors (Lipinski definition) is 3. The summed E-state index contributed by atoms with van der Waals surface area (Å²) in [6.45, 7) is 2.60. The Morgan fingerprint density at radius 2 is 2.20 bits per heavy atom. The van der Waals surface area contributed by atoms with Gasteiger partial charge < -0.3 is 16.0 Å². The smallest absolute Gasteiger partial charge is 0.220 e. The van der Waals surface area contributed by atoms with Gasteiger partial charge in [0.25, 0.3) is 0 Å². The van der Waals surface area contributed by atoms with Crippen molar-refractivity contribution in [2.75, 3.05) is 6.54 Å². The van der Waals surface area contributed by atoms with E-state index < -0.39 is 0 Å². The molecule has 4 N–H and O–H groups in total. The van der Waals surface area contributed by atoms with Crippen molar-refractivity contribution in [2.45, 2.75) is 38.6 Å². The van der Waals surface area contributed by atoms with Crippen LogP contribution in [0.25, 0.3) is 10.9 Å². The predicted molar refractivity (Wildman–Crippen MR) is 82.5 cm³/mol. The summed E-state index contributed by atoms with van der Waals surface area (Å²) in [5.74, 6) is 0.0826. The summed E-state index contributed by atoms with van der Waals surface area (Å²) in [7, 11) is 0. The van der Waals surface area contributed by atoms with Crippen LogP contribution in [0.5, 0.6) is 0 Å². The Morgan fingerprint density at radius 3 is 2.95 bits per heavy atom. The van der Waals surface area contributed by atoms with E-state index in [1.54, 1.807) is 0 Å². The second kappa shape index (κ2) is 7.10. The van der Waals surface area contributed by atoms with Crippen molar-refractivity contribution in [3.05, 3.63) is 36.0 Å². The van der Waals surface area contributed by atoms with Gasteiger partial charge in [-0.05, 0) is 24.5 Å². The number of amides is 1. The average Bonchev–Trinajstić information content (AvgIpc) is 2.88. The van der Waals surface area contributed by atoms with Crippen LogP contribution in [0.2, 0.25) is 0 Å². The number of H-pyrrole nitrogens is 1. The fourth-order valence-corrected chi connectivity index (χ4v) is 2.48. The zero-order valence-electron chi connectivity index (χ0n) is 12.0. The highest BCUT2D eigenvalue weighted by Crippen LogP contribution is 2.18. The van der Waals surface area contributed by atoms with Crippen LogP contribution in [0.1, 0.15) is 31.7 Å². The van der Waals surface area contributed by atoms with Gasteiger partial charge in [0.1, 0.15) is 0 Å². The molecule has 0 aliphatic rings. The third-order valence-electron chi connectivity index (χ3n) is 3.58. The van der Waals surface area contributed by atoms with E-state index in [0.717, 1.165) is 24.8 Å². The summed E-state index contributed by atoms with van der Waals surface area (Å²) in [5, 5.41) is 4.20. The molecule has 1 amide bonds. The van der Waals surface area contributed by atoms with Gasteiger partial charge in [-0.3, -0.25) is 4.79 Å². The molecule has 1 unspecified atom stereocenters. The SMILES string of the molecule is CCCC(CN)NC(=O)CCc1c[nH]c2ccccc12. The van der Waals surface area contributed by atoms with Crippen LogP contribution in [0, 0.1) is 0 Å². The highest BCUT2D eigenvalue weighted by atomic mass is 16.1. The molecular formula is C16H23N3O. The molecule has 2 rings (SSSR count). The molecular weight excluding hydrogens is 250 g/mol. The third kappa shape index (κ3) is 3.61. The summed E-state index contributed by atoms with van der Waals surface area (Å²) in [5.41, 5.74) is 7.96. The summed E-state index contributed by atoms with van der Waals surface area (Å²) in [6, 6.07) is 8.26. The molecule has 0 spiro atoms. The first-order valence-corrected chi connectivity index (χ1v) is 7.29. The Morgan fingerprint density at radius 1 is 1.40 bits per heavy atom. The van der Waals surface area contributed by atoms with Crippen molar-refractivity contribution in [1.29, 1.82) is 0 Å². The first-order chi connectivity index (χ1) is 9.74. The van der Waals surface area contributed by atoms with Crippen LogP contribution in [0.15, 0.2) is 30.5 Å². The Labute approximate surface area is 119 Å². The number of carbonyl (C=O) groups is 1. The molecule has 0 aliphatic heterocycles. The van der Waals surface area contributed by atoms with Crippen LogP contribution >= 0.6 is 0 Å². The Balaban J connectivity index is 1.90. The molecule has 0 saturated heterocycles. The van der Waals surface area contributed by atoms with Gasteiger partial charge in [-0.1, -0.05) is 31.5 Å². The second-order valence-corrected chi connectivity index (χ2v) is 5.15. The maximum atomic E-state index is 11.9. The zero-order chi connectivity index (χ0) is 14.4. The molecule has 1 heterocycles. The topological polar surface area (TPSA) is 70.9 Å².